The van der Waals surface area contributed by atoms with Crippen molar-refractivity contribution in [1.29, 1.82) is 0 Å². The Labute approximate surface area is 297 Å². The lowest BCUT2D eigenvalue weighted by atomic mass is 9.98. The second-order valence-electron chi connectivity index (χ2n) is 12.6. The number of rotatable bonds is 5. The molecule has 1 aliphatic rings. The molecule has 0 radical (unpaired) electrons. The molecule has 1 aliphatic carbocycles. The Balaban J connectivity index is 1.15. The molecule has 3 nitrogen and oxygen atoms in total. The van der Waals surface area contributed by atoms with Crippen LogP contribution < -0.4 is 0 Å². The van der Waals surface area contributed by atoms with Crippen molar-refractivity contribution in [3.63, 3.8) is 0 Å². The lowest BCUT2D eigenvalue weighted by Gasteiger charge is -2.13. The lowest BCUT2D eigenvalue weighted by molar-refractivity contribution is 1.02. The van der Waals surface area contributed by atoms with Gasteiger partial charge in [0.05, 0.1) is 0 Å². The standard InChI is InChI=1S/C45H29N3S2/c1-2-12-28(13-3-1)31-14-4-5-16-35(31)44-46-43(47-45(48-44)37-20-10-19-34-33-15-6-8-21-38(33)50-42(34)37)30-26-24-29(25-27-30)32-18-11-23-40-41(32)36-17-7-9-22-39(36)49-40/h1-7,9-20,22-27H,8,21H2. The van der Waals surface area contributed by atoms with Gasteiger partial charge in [-0.1, -0.05) is 133 Å². The number of thiophene rings is 2. The molecule has 10 rings (SSSR count). The molecule has 0 fully saturated rings. The average Bonchev–Trinajstić information content (AvgIpc) is 3.77. The highest BCUT2D eigenvalue weighted by Crippen LogP contribution is 2.42. The smallest absolute Gasteiger partial charge is 0.165 e. The summed E-state index contributed by atoms with van der Waals surface area (Å²) in [6.45, 7) is 0. The Morgan fingerprint density at radius 1 is 0.440 bits per heavy atom. The van der Waals surface area contributed by atoms with Crippen LogP contribution >= 0.6 is 22.7 Å². The normalized spacial score (nSPS) is 12.6. The van der Waals surface area contributed by atoms with E-state index in [-0.39, 0.29) is 0 Å². The first kappa shape index (κ1) is 29.2. The van der Waals surface area contributed by atoms with E-state index in [0.29, 0.717) is 17.5 Å². The second-order valence-corrected chi connectivity index (χ2v) is 14.8. The minimum absolute atomic E-state index is 0.664. The number of nitrogens with zero attached hydrogens (tertiary/aromatic N) is 3. The van der Waals surface area contributed by atoms with Crippen molar-refractivity contribution < 1.29 is 0 Å². The largest absolute Gasteiger partial charge is 0.208 e. The molecule has 0 bridgehead atoms. The Morgan fingerprint density at radius 3 is 1.94 bits per heavy atom. The lowest BCUT2D eigenvalue weighted by Crippen LogP contribution is -2.01. The highest BCUT2D eigenvalue weighted by Gasteiger charge is 2.20. The second kappa shape index (κ2) is 12.0. The molecule has 50 heavy (non-hydrogen) atoms. The average molecular weight is 676 g/mol. The predicted octanol–water partition coefficient (Wildman–Crippen LogP) is 12.7. The Hall–Kier alpha value is -5.75. The van der Waals surface area contributed by atoms with Crippen molar-refractivity contribution in [2.45, 2.75) is 12.8 Å². The van der Waals surface area contributed by atoms with Crippen LogP contribution in [0.1, 0.15) is 16.9 Å². The molecular weight excluding hydrogens is 647 g/mol. The predicted molar refractivity (Wildman–Crippen MR) is 213 cm³/mol. The van der Waals surface area contributed by atoms with Crippen LogP contribution in [0.15, 0.2) is 146 Å². The summed E-state index contributed by atoms with van der Waals surface area (Å²) < 4.78 is 3.84. The molecule has 5 heteroatoms. The van der Waals surface area contributed by atoms with Crippen molar-refractivity contribution in [1.82, 2.24) is 15.0 Å². The van der Waals surface area contributed by atoms with Gasteiger partial charge in [0.15, 0.2) is 17.5 Å². The van der Waals surface area contributed by atoms with E-state index in [0.717, 1.165) is 40.7 Å². The fraction of sp³-hybridized carbons (Fsp3) is 0.0444. The van der Waals surface area contributed by atoms with Gasteiger partial charge in [-0.05, 0) is 58.9 Å². The van der Waals surface area contributed by atoms with Crippen molar-refractivity contribution in [2.75, 3.05) is 0 Å². The summed E-state index contributed by atoms with van der Waals surface area (Å²) in [6.07, 6.45) is 6.72. The third-order valence-electron chi connectivity index (χ3n) is 9.64. The van der Waals surface area contributed by atoms with E-state index in [1.54, 1.807) is 0 Å². The molecule has 0 saturated carbocycles. The number of aryl methyl sites for hydroxylation is 1. The Morgan fingerprint density at radius 2 is 1.06 bits per heavy atom. The third-order valence-corrected chi connectivity index (χ3v) is 12.1. The number of aromatic nitrogens is 3. The first-order chi connectivity index (χ1) is 24.8. The molecule has 0 amide bonds. The highest BCUT2D eigenvalue weighted by molar-refractivity contribution is 7.26. The summed E-state index contributed by atoms with van der Waals surface area (Å²) in [5.74, 6) is 2.03. The van der Waals surface area contributed by atoms with Gasteiger partial charge in [0, 0.05) is 51.8 Å². The maximum Gasteiger partial charge on any atom is 0.165 e. The number of hydrogen-bond donors (Lipinski definition) is 0. The number of hydrogen-bond acceptors (Lipinski definition) is 5. The van der Waals surface area contributed by atoms with E-state index in [9.17, 15) is 0 Å². The molecule has 0 aliphatic heterocycles. The van der Waals surface area contributed by atoms with Crippen LogP contribution in [0.4, 0.5) is 0 Å². The molecule has 6 aromatic carbocycles. The van der Waals surface area contributed by atoms with Crippen molar-refractivity contribution >= 4 is 59.0 Å². The minimum atomic E-state index is 0.664. The van der Waals surface area contributed by atoms with Gasteiger partial charge < -0.3 is 0 Å². The van der Waals surface area contributed by atoms with Crippen molar-refractivity contribution in [3.05, 3.63) is 156 Å². The van der Waals surface area contributed by atoms with E-state index >= 15 is 0 Å². The summed E-state index contributed by atoms with van der Waals surface area (Å²) in [4.78, 5) is 17.1. The summed E-state index contributed by atoms with van der Waals surface area (Å²) in [6, 6.07) is 49.4. The molecule has 9 aromatic rings. The van der Waals surface area contributed by atoms with Crippen molar-refractivity contribution in [2.24, 2.45) is 0 Å². The van der Waals surface area contributed by atoms with Crippen molar-refractivity contribution in [3.8, 4) is 56.4 Å². The summed E-state index contributed by atoms with van der Waals surface area (Å²) in [5.41, 5.74) is 8.96. The van der Waals surface area contributed by atoms with Crippen LogP contribution in [0.3, 0.4) is 0 Å². The van der Waals surface area contributed by atoms with Crippen LogP contribution in [0.25, 0.3) is 92.8 Å². The summed E-state index contributed by atoms with van der Waals surface area (Å²) >= 11 is 3.72. The van der Waals surface area contributed by atoms with Gasteiger partial charge in [-0.25, -0.2) is 15.0 Å². The minimum Gasteiger partial charge on any atom is -0.208 e. The molecule has 0 atom stereocenters. The molecular formula is C45H29N3S2. The number of fused-ring (bicyclic) bond motifs is 6. The van der Waals surface area contributed by atoms with Gasteiger partial charge in [-0.3, -0.25) is 0 Å². The van der Waals surface area contributed by atoms with E-state index in [1.165, 1.54) is 51.8 Å². The molecule has 0 unspecified atom stereocenters. The van der Waals surface area contributed by atoms with Crippen LogP contribution in [-0.2, 0) is 6.42 Å². The van der Waals surface area contributed by atoms with Crippen LogP contribution in [0, 0.1) is 0 Å². The van der Waals surface area contributed by atoms with Crippen LogP contribution in [0.5, 0.6) is 0 Å². The zero-order valence-corrected chi connectivity index (χ0v) is 28.6. The summed E-state index contributed by atoms with van der Waals surface area (Å²) in [7, 11) is 0. The first-order valence-electron chi connectivity index (χ1n) is 16.9. The molecule has 3 aromatic heterocycles. The van der Waals surface area contributed by atoms with Gasteiger partial charge in [0.1, 0.15) is 0 Å². The van der Waals surface area contributed by atoms with E-state index in [4.69, 9.17) is 15.0 Å². The van der Waals surface area contributed by atoms with E-state index < -0.39 is 0 Å². The maximum atomic E-state index is 5.23. The SMILES string of the molecule is C1=Cc2c(sc3c(-c4nc(-c5ccc(-c6cccc7sc8ccccc8c67)cc5)nc(-c5ccccc5-c5ccccc5)n4)cccc23)CC1. The zero-order chi connectivity index (χ0) is 33.0. The number of benzene rings is 6. The van der Waals surface area contributed by atoms with E-state index in [2.05, 4.69) is 146 Å². The Kier molecular flexibility index (Phi) is 7.00. The zero-order valence-electron chi connectivity index (χ0n) is 27.0. The molecule has 236 valence electrons. The fourth-order valence-electron chi connectivity index (χ4n) is 7.26. The molecule has 0 saturated heterocycles. The molecule has 0 spiro atoms. The molecule has 3 heterocycles. The third kappa shape index (κ3) is 4.89. The van der Waals surface area contributed by atoms with Crippen LogP contribution in [0.2, 0.25) is 0 Å². The summed E-state index contributed by atoms with van der Waals surface area (Å²) in [5, 5.41) is 3.88. The van der Waals surface area contributed by atoms with Gasteiger partial charge >= 0.3 is 0 Å². The Bertz CT molecular complexity index is 2760. The van der Waals surface area contributed by atoms with Gasteiger partial charge in [0.2, 0.25) is 0 Å². The highest BCUT2D eigenvalue weighted by atomic mass is 32.1. The van der Waals surface area contributed by atoms with E-state index in [1.807, 2.05) is 28.7 Å². The first-order valence-corrected chi connectivity index (χ1v) is 18.5. The van der Waals surface area contributed by atoms with Crippen LogP contribution in [-0.4, -0.2) is 15.0 Å². The fourth-order valence-corrected chi connectivity index (χ4v) is 9.70. The maximum absolute atomic E-state index is 5.23. The monoisotopic (exact) mass is 675 g/mol. The van der Waals surface area contributed by atoms with Gasteiger partial charge in [0.25, 0.3) is 0 Å². The van der Waals surface area contributed by atoms with Gasteiger partial charge in [-0.2, -0.15) is 0 Å². The van der Waals surface area contributed by atoms with Gasteiger partial charge in [-0.15, -0.1) is 22.7 Å². The number of allylic oxidation sites excluding steroid dienone is 1. The topological polar surface area (TPSA) is 38.7 Å². The molecule has 0 N–H and O–H groups in total. The quantitative estimate of drug-likeness (QED) is 0.182.